The molecule has 9 rings (SSSR count). The first-order valence-electron chi connectivity index (χ1n) is 15.1. The molecule has 1 unspecified atom stereocenters. The fraction of sp³-hybridized carbons (Fsp3) is 0.0244. The third kappa shape index (κ3) is 4.07. The molecule has 0 saturated carbocycles. The molecule has 7 aromatic carbocycles. The third-order valence-electron chi connectivity index (χ3n) is 9.09. The Kier molecular flexibility index (Phi) is 5.80. The number of aromatic nitrogens is 1. The summed E-state index contributed by atoms with van der Waals surface area (Å²) in [5.74, 6) is 0. The van der Waals surface area contributed by atoms with Crippen molar-refractivity contribution in [3.8, 4) is 39.1 Å². The van der Waals surface area contributed by atoms with Gasteiger partial charge in [-0.1, -0.05) is 97.1 Å². The number of nitrogens with one attached hydrogen (secondary N) is 1. The van der Waals surface area contributed by atoms with Gasteiger partial charge in [-0.3, -0.25) is 4.21 Å². The van der Waals surface area contributed by atoms with E-state index in [4.69, 9.17) is 0 Å². The lowest BCUT2D eigenvalue weighted by molar-refractivity contribution is 0.687. The SMILES string of the molecule is CS(=O)c1ccccc1-c1cc2c3c(cccc3c1)-c1ccc(-c3ccc4c5ccccc5n(-c5ccccc5)c4c3)cc1N2. The summed E-state index contributed by atoms with van der Waals surface area (Å²) in [5, 5.41) is 8.67. The molecule has 0 fully saturated rings. The smallest absolute Gasteiger partial charge is 0.0547 e. The highest BCUT2D eigenvalue weighted by Gasteiger charge is 2.21. The maximum absolute atomic E-state index is 12.6. The van der Waals surface area contributed by atoms with E-state index in [0.29, 0.717) is 0 Å². The quantitative estimate of drug-likeness (QED) is 0.219. The number of hydrogen-bond acceptors (Lipinski definition) is 2. The zero-order valence-corrected chi connectivity index (χ0v) is 25.4. The van der Waals surface area contributed by atoms with Crippen LogP contribution in [-0.2, 0) is 10.8 Å². The summed E-state index contributed by atoms with van der Waals surface area (Å²) in [4.78, 5) is 0.849. The molecule has 1 atom stereocenters. The van der Waals surface area contributed by atoms with E-state index >= 15 is 0 Å². The van der Waals surface area contributed by atoms with Gasteiger partial charge in [0.05, 0.1) is 21.8 Å². The molecule has 0 radical (unpaired) electrons. The molecule has 1 aliphatic rings. The summed E-state index contributed by atoms with van der Waals surface area (Å²) in [6, 6.07) is 51.7. The summed E-state index contributed by atoms with van der Waals surface area (Å²) in [5.41, 5.74) is 12.5. The summed E-state index contributed by atoms with van der Waals surface area (Å²) in [6.45, 7) is 0. The van der Waals surface area contributed by atoms with Crippen LogP contribution in [-0.4, -0.2) is 15.0 Å². The van der Waals surface area contributed by atoms with Crippen LogP contribution in [0.5, 0.6) is 0 Å². The number of rotatable bonds is 4. The van der Waals surface area contributed by atoms with Gasteiger partial charge in [-0.05, 0) is 81.7 Å². The van der Waals surface area contributed by atoms with Crippen molar-refractivity contribution in [1.29, 1.82) is 0 Å². The van der Waals surface area contributed by atoms with Gasteiger partial charge in [0, 0.05) is 49.9 Å². The monoisotopic (exact) mass is 596 g/mol. The Hall–Kier alpha value is -5.45. The van der Waals surface area contributed by atoms with Gasteiger partial charge in [0.15, 0.2) is 0 Å². The summed E-state index contributed by atoms with van der Waals surface area (Å²) in [6.07, 6.45) is 1.74. The van der Waals surface area contributed by atoms with E-state index in [-0.39, 0.29) is 0 Å². The van der Waals surface area contributed by atoms with Crippen molar-refractivity contribution in [2.24, 2.45) is 0 Å². The lowest BCUT2D eigenvalue weighted by Crippen LogP contribution is -2.02. The Morgan fingerprint density at radius 3 is 2.13 bits per heavy atom. The molecule has 0 bridgehead atoms. The molecule has 0 saturated heterocycles. The number of hydrogen-bond donors (Lipinski definition) is 1. The molecule has 214 valence electrons. The van der Waals surface area contributed by atoms with E-state index in [1.54, 1.807) is 6.26 Å². The van der Waals surface area contributed by atoms with Gasteiger partial charge in [-0.2, -0.15) is 0 Å². The minimum atomic E-state index is -1.09. The Bertz CT molecular complexity index is 2490. The molecule has 1 aliphatic heterocycles. The van der Waals surface area contributed by atoms with E-state index in [0.717, 1.165) is 44.0 Å². The van der Waals surface area contributed by atoms with Crippen LogP contribution >= 0.6 is 0 Å². The minimum Gasteiger partial charge on any atom is -0.354 e. The van der Waals surface area contributed by atoms with E-state index in [1.807, 2.05) is 18.2 Å². The van der Waals surface area contributed by atoms with Crippen molar-refractivity contribution < 1.29 is 4.21 Å². The van der Waals surface area contributed by atoms with Gasteiger partial charge in [-0.25, -0.2) is 0 Å². The Labute approximate surface area is 263 Å². The number of anilines is 2. The molecule has 45 heavy (non-hydrogen) atoms. The molecule has 3 nitrogen and oxygen atoms in total. The van der Waals surface area contributed by atoms with E-state index in [1.165, 1.54) is 43.9 Å². The van der Waals surface area contributed by atoms with Gasteiger partial charge < -0.3 is 9.88 Å². The topological polar surface area (TPSA) is 34.0 Å². The Morgan fingerprint density at radius 2 is 1.24 bits per heavy atom. The molecule has 0 aliphatic carbocycles. The lowest BCUT2D eigenvalue weighted by Gasteiger charge is -2.24. The first kappa shape index (κ1) is 26.0. The van der Waals surface area contributed by atoms with Crippen LogP contribution in [0.1, 0.15) is 0 Å². The van der Waals surface area contributed by atoms with Crippen LogP contribution in [0.4, 0.5) is 11.4 Å². The normalized spacial score (nSPS) is 12.7. The molecule has 1 N–H and O–H groups in total. The summed E-state index contributed by atoms with van der Waals surface area (Å²) < 4.78 is 15.0. The molecule has 4 heteroatoms. The second-order valence-electron chi connectivity index (χ2n) is 11.7. The average molecular weight is 597 g/mol. The van der Waals surface area contributed by atoms with E-state index < -0.39 is 10.8 Å². The van der Waals surface area contributed by atoms with E-state index in [9.17, 15) is 4.21 Å². The van der Waals surface area contributed by atoms with Gasteiger partial charge >= 0.3 is 0 Å². The predicted molar refractivity (Wildman–Crippen MR) is 190 cm³/mol. The van der Waals surface area contributed by atoms with Crippen LogP contribution in [0.2, 0.25) is 0 Å². The fourth-order valence-corrected chi connectivity index (χ4v) is 7.84. The number of fused-ring (bicyclic) bond motifs is 5. The zero-order valence-electron chi connectivity index (χ0n) is 24.6. The first-order valence-corrected chi connectivity index (χ1v) is 16.7. The third-order valence-corrected chi connectivity index (χ3v) is 10.1. The fourth-order valence-electron chi connectivity index (χ4n) is 7.07. The molecule has 0 amide bonds. The molecular formula is C41H28N2OS. The number of para-hydroxylation sites is 2. The van der Waals surface area contributed by atoms with Gasteiger partial charge in [-0.15, -0.1) is 0 Å². The van der Waals surface area contributed by atoms with Crippen molar-refractivity contribution in [2.75, 3.05) is 11.6 Å². The minimum absolute atomic E-state index is 0.849. The van der Waals surface area contributed by atoms with Crippen LogP contribution in [0.3, 0.4) is 0 Å². The first-order chi connectivity index (χ1) is 22.1. The number of nitrogens with zero attached hydrogens (tertiary/aromatic N) is 1. The lowest BCUT2D eigenvalue weighted by atomic mass is 9.89. The van der Waals surface area contributed by atoms with Crippen molar-refractivity contribution >= 4 is 54.8 Å². The molecule has 8 aromatic rings. The standard InChI is InChI=1S/C41H28N2OS/c1-45(44)40-17-8-6-13-31(40)29-22-28-10-9-15-35-32-20-18-26(23-36(32)42-37(24-29)41(28)35)27-19-21-34-33-14-5-7-16-38(33)43(39(34)25-27)30-11-3-2-4-12-30/h2-25,42H,1H3. The second kappa shape index (κ2) is 10.0. The summed E-state index contributed by atoms with van der Waals surface area (Å²) in [7, 11) is -1.09. The Morgan fingerprint density at radius 1 is 0.533 bits per heavy atom. The largest absolute Gasteiger partial charge is 0.354 e. The van der Waals surface area contributed by atoms with Crippen molar-refractivity contribution in [1.82, 2.24) is 4.57 Å². The average Bonchev–Trinajstić information content (AvgIpc) is 3.42. The maximum atomic E-state index is 12.6. The van der Waals surface area contributed by atoms with E-state index in [2.05, 4.69) is 137 Å². The number of benzene rings is 7. The van der Waals surface area contributed by atoms with Gasteiger partial charge in [0.2, 0.25) is 0 Å². The van der Waals surface area contributed by atoms with Crippen molar-refractivity contribution in [3.63, 3.8) is 0 Å². The van der Waals surface area contributed by atoms with Crippen molar-refractivity contribution in [3.05, 3.63) is 146 Å². The zero-order chi connectivity index (χ0) is 30.1. The highest BCUT2D eigenvalue weighted by atomic mass is 32.2. The Balaban J connectivity index is 1.20. The molecule has 2 heterocycles. The van der Waals surface area contributed by atoms with Gasteiger partial charge in [0.25, 0.3) is 0 Å². The van der Waals surface area contributed by atoms with Crippen LogP contribution in [0.15, 0.2) is 150 Å². The maximum Gasteiger partial charge on any atom is 0.0547 e. The summed E-state index contributed by atoms with van der Waals surface area (Å²) >= 11 is 0. The van der Waals surface area contributed by atoms with Gasteiger partial charge in [0.1, 0.15) is 0 Å². The van der Waals surface area contributed by atoms with Crippen molar-refractivity contribution in [2.45, 2.75) is 4.90 Å². The highest BCUT2D eigenvalue weighted by molar-refractivity contribution is 7.84. The second-order valence-corrected chi connectivity index (χ2v) is 13.0. The van der Waals surface area contributed by atoms with Crippen LogP contribution < -0.4 is 5.32 Å². The molecule has 1 aromatic heterocycles. The predicted octanol–water partition coefficient (Wildman–Crippen LogP) is 10.7. The van der Waals surface area contributed by atoms with Crippen LogP contribution in [0, 0.1) is 0 Å². The molecule has 0 spiro atoms. The highest BCUT2D eigenvalue weighted by Crippen LogP contribution is 2.47. The van der Waals surface area contributed by atoms with Crippen LogP contribution in [0.25, 0.3) is 71.6 Å². The molecular weight excluding hydrogens is 569 g/mol.